The quantitative estimate of drug-likeness (QED) is 0.544. The van der Waals surface area contributed by atoms with Gasteiger partial charge in [0.2, 0.25) is 0 Å². The number of nitro groups is 1. The Bertz CT molecular complexity index is 836. The molecule has 0 amide bonds. The van der Waals surface area contributed by atoms with Gasteiger partial charge in [0.1, 0.15) is 0 Å². The molecule has 0 N–H and O–H groups in total. The summed E-state index contributed by atoms with van der Waals surface area (Å²) in [5, 5.41) is 11.2. The van der Waals surface area contributed by atoms with Crippen molar-refractivity contribution >= 4 is 17.1 Å². The Morgan fingerprint density at radius 2 is 1.79 bits per heavy atom. The van der Waals surface area contributed by atoms with E-state index in [0.29, 0.717) is 0 Å². The molecule has 1 fully saturated rings. The molecule has 1 atom stereocenters. The SMILES string of the molecule is C=C(c1ccc([N+](=O)[O-])cc1N(C)C)N1CCN(C)CC1c1ccccc1.CC. The molecular weight excluding hydrogens is 364 g/mol. The Balaban J connectivity index is 0.00000145. The maximum Gasteiger partial charge on any atom is 0.271 e. The molecule has 1 aliphatic heterocycles. The summed E-state index contributed by atoms with van der Waals surface area (Å²) in [6.07, 6.45) is 0. The van der Waals surface area contributed by atoms with Crippen LogP contribution in [0, 0.1) is 10.1 Å². The van der Waals surface area contributed by atoms with Crippen LogP contribution >= 0.6 is 0 Å². The van der Waals surface area contributed by atoms with Crippen molar-refractivity contribution in [3.05, 3.63) is 76.4 Å². The molecule has 1 unspecified atom stereocenters. The third-order valence-electron chi connectivity index (χ3n) is 5.10. The Morgan fingerprint density at radius 1 is 1.14 bits per heavy atom. The van der Waals surface area contributed by atoms with Crippen molar-refractivity contribution < 1.29 is 4.92 Å². The molecule has 0 radical (unpaired) electrons. The van der Waals surface area contributed by atoms with E-state index in [1.54, 1.807) is 12.1 Å². The summed E-state index contributed by atoms with van der Waals surface area (Å²) >= 11 is 0. The Kier molecular flexibility index (Phi) is 7.79. The third kappa shape index (κ3) is 5.15. The zero-order valence-electron chi connectivity index (χ0n) is 18.1. The highest BCUT2D eigenvalue weighted by atomic mass is 16.6. The molecule has 1 aliphatic rings. The lowest BCUT2D eigenvalue weighted by molar-refractivity contribution is -0.384. The van der Waals surface area contributed by atoms with Crippen LogP contribution in [-0.2, 0) is 0 Å². The number of rotatable bonds is 5. The number of anilines is 1. The first-order chi connectivity index (χ1) is 13.9. The van der Waals surface area contributed by atoms with Crippen molar-refractivity contribution in [3.8, 4) is 0 Å². The first-order valence-electron chi connectivity index (χ1n) is 10.0. The van der Waals surface area contributed by atoms with Crippen LogP contribution in [0.2, 0.25) is 0 Å². The monoisotopic (exact) mass is 396 g/mol. The zero-order valence-corrected chi connectivity index (χ0v) is 18.1. The van der Waals surface area contributed by atoms with Crippen molar-refractivity contribution in [3.63, 3.8) is 0 Å². The first-order valence-corrected chi connectivity index (χ1v) is 10.0. The van der Waals surface area contributed by atoms with E-state index in [0.717, 1.165) is 36.6 Å². The normalized spacial score (nSPS) is 16.6. The second kappa shape index (κ2) is 10.1. The number of hydrogen-bond donors (Lipinski definition) is 0. The molecule has 0 bridgehead atoms. The predicted octanol–water partition coefficient (Wildman–Crippen LogP) is 4.65. The van der Waals surface area contributed by atoms with Crippen LogP contribution in [0.5, 0.6) is 0 Å². The minimum absolute atomic E-state index is 0.0910. The van der Waals surface area contributed by atoms with E-state index in [1.807, 2.05) is 45.0 Å². The number of likely N-dealkylation sites (N-methyl/N-ethyl adjacent to an activating group) is 1. The van der Waals surface area contributed by atoms with Crippen LogP contribution in [0.4, 0.5) is 11.4 Å². The lowest BCUT2D eigenvalue weighted by atomic mass is 9.99. The van der Waals surface area contributed by atoms with Gasteiger partial charge >= 0.3 is 0 Å². The fourth-order valence-electron chi connectivity index (χ4n) is 3.61. The lowest BCUT2D eigenvalue weighted by Gasteiger charge is -2.43. The van der Waals surface area contributed by atoms with E-state index in [9.17, 15) is 10.1 Å². The molecule has 1 saturated heterocycles. The fourth-order valence-corrected chi connectivity index (χ4v) is 3.61. The Hall–Kier alpha value is -2.86. The summed E-state index contributed by atoms with van der Waals surface area (Å²) in [7, 11) is 5.93. The van der Waals surface area contributed by atoms with Gasteiger partial charge in [0.25, 0.3) is 5.69 Å². The van der Waals surface area contributed by atoms with Crippen LogP contribution in [-0.4, -0.2) is 55.5 Å². The maximum atomic E-state index is 11.2. The molecule has 0 saturated carbocycles. The Morgan fingerprint density at radius 3 is 2.38 bits per heavy atom. The third-order valence-corrected chi connectivity index (χ3v) is 5.10. The van der Waals surface area contributed by atoms with E-state index in [-0.39, 0.29) is 16.7 Å². The van der Waals surface area contributed by atoms with Crippen LogP contribution in [0.1, 0.15) is 31.0 Å². The number of hydrogen-bond acceptors (Lipinski definition) is 5. The van der Waals surface area contributed by atoms with Gasteiger partial charge in [-0.25, -0.2) is 0 Å². The van der Waals surface area contributed by atoms with E-state index < -0.39 is 0 Å². The van der Waals surface area contributed by atoms with Crippen LogP contribution in [0.15, 0.2) is 55.1 Å². The van der Waals surface area contributed by atoms with E-state index in [2.05, 4.69) is 47.7 Å². The van der Waals surface area contributed by atoms with Gasteiger partial charge in [-0.3, -0.25) is 10.1 Å². The molecular formula is C23H32N4O2. The molecule has 156 valence electrons. The van der Waals surface area contributed by atoms with Crippen molar-refractivity contribution in [2.24, 2.45) is 0 Å². The number of piperazine rings is 1. The number of nitrogens with zero attached hydrogens (tertiary/aromatic N) is 4. The van der Waals surface area contributed by atoms with Gasteiger partial charge in [0.05, 0.1) is 16.7 Å². The molecule has 0 spiro atoms. The topological polar surface area (TPSA) is 52.9 Å². The smallest absolute Gasteiger partial charge is 0.271 e. The Labute approximate surface area is 174 Å². The highest BCUT2D eigenvalue weighted by Gasteiger charge is 2.29. The van der Waals surface area contributed by atoms with Crippen molar-refractivity contribution in [2.75, 3.05) is 45.7 Å². The highest BCUT2D eigenvalue weighted by Crippen LogP contribution is 2.36. The van der Waals surface area contributed by atoms with Gasteiger partial charge in [-0.05, 0) is 18.7 Å². The summed E-state index contributed by atoms with van der Waals surface area (Å²) in [5.74, 6) is 0. The van der Waals surface area contributed by atoms with Gasteiger partial charge in [-0.1, -0.05) is 50.8 Å². The maximum absolute atomic E-state index is 11.2. The molecule has 2 aromatic carbocycles. The predicted molar refractivity (Wildman–Crippen MR) is 121 cm³/mol. The van der Waals surface area contributed by atoms with Crippen LogP contribution in [0.25, 0.3) is 5.70 Å². The number of non-ortho nitro benzene ring substituents is 1. The van der Waals surface area contributed by atoms with Crippen LogP contribution in [0.3, 0.4) is 0 Å². The molecule has 1 heterocycles. The largest absolute Gasteiger partial charge is 0.377 e. The minimum Gasteiger partial charge on any atom is -0.377 e. The van der Waals surface area contributed by atoms with Gasteiger partial charge in [0.15, 0.2) is 0 Å². The molecule has 29 heavy (non-hydrogen) atoms. The van der Waals surface area contributed by atoms with Gasteiger partial charge in [0, 0.05) is 57.1 Å². The summed E-state index contributed by atoms with van der Waals surface area (Å²) < 4.78 is 0. The van der Waals surface area contributed by atoms with Gasteiger partial charge in [-0.15, -0.1) is 0 Å². The average Bonchev–Trinajstić information content (AvgIpc) is 2.74. The standard InChI is InChI=1S/C21H26N4O2.C2H6/c1-16(19-11-10-18(25(26)27)14-20(19)22(2)3)24-13-12-23(4)15-21(24)17-8-6-5-7-9-17;1-2/h5-11,14,21H,1,12-13,15H2,2-4H3;1-2H3. The van der Waals surface area contributed by atoms with Crippen molar-refractivity contribution in [1.82, 2.24) is 9.80 Å². The van der Waals surface area contributed by atoms with Gasteiger partial charge < -0.3 is 14.7 Å². The molecule has 0 aromatic heterocycles. The molecule has 6 nitrogen and oxygen atoms in total. The fraction of sp³-hybridized carbons (Fsp3) is 0.391. The molecule has 0 aliphatic carbocycles. The molecule has 2 aromatic rings. The zero-order chi connectivity index (χ0) is 21.6. The van der Waals surface area contributed by atoms with Crippen molar-refractivity contribution in [1.29, 1.82) is 0 Å². The van der Waals surface area contributed by atoms with Gasteiger partial charge in [-0.2, -0.15) is 0 Å². The highest BCUT2D eigenvalue weighted by molar-refractivity contribution is 5.76. The summed E-state index contributed by atoms with van der Waals surface area (Å²) in [6.45, 7) is 11.1. The van der Waals surface area contributed by atoms with Crippen LogP contribution < -0.4 is 4.90 Å². The number of nitro benzene ring substituents is 1. The summed E-state index contributed by atoms with van der Waals surface area (Å²) in [6, 6.07) is 15.6. The first kappa shape index (κ1) is 22.4. The summed E-state index contributed by atoms with van der Waals surface area (Å²) in [5.41, 5.74) is 3.97. The van der Waals surface area contributed by atoms with E-state index in [1.165, 1.54) is 5.56 Å². The van der Waals surface area contributed by atoms with Crippen molar-refractivity contribution in [2.45, 2.75) is 19.9 Å². The summed E-state index contributed by atoms with van der Waals surface area (Å²) in [4.78, 5) is 17.4. The molecule has 3 rings (SSSR count). The number of benzene rings is 2. The minimum atomic E-state index is -0.359. The average molecular weight is 397 g/mol. The molecule has 6 heteroatoms. The second-order valence-corrected chi connectivity index (χ2v) is 7.18. The lowest BCUT2D eigenvalue weighted by Crippen LogP contribution is -2.45. The van der Waals surface area contributed by atoms with E-state index >= 15 is 0 Å². The van der Waals surface area contributed by atoms with E-state index in [4.69, 9.17) is 0 Å². The second-order valence-electron chi connectivity index (χ2n) is 7.18.